The normalized spacial score (nSPS) is 18.9. The number of nitrogens with zero attached hydrogens (tertiary/aromatic N) is 1. The van der Waals surface area contributed by atoms with E-state index in [1.807, 2.05) is 0 Å². The van der Waals surface area contributed by atoms with Crippen LogP contribution in [0.5, 0.6) is 0 Å². The summed E-state index contributed by atoms with van der Waals surface area (Å²) in [6.45, 7) is -0.0228. The first-order valence-electron chi connectivity index (χ1n) is 5.09. The Labute approximate surface area is 104 Å². The molecular weight excluding hydrogens is 269 g/mol. The summed E-state index contributed by atoms with van der Waals surface area (Å²) in [6, 6.07) is 2.10. The highest BCUT2D eigenvalue weighted by atomic mass is 19.4. The molecule has 1 N–H and O–H groups in total. The molecule has 0 aliphatic carbocycles. The molecule has 1 aliphatic heterocycles. The number of nitro groups is 1. The van der Waals surface area contributed by atoms with Gasteiger partial charge < -0.3 is 10.1 Å². The van der Waals surface area contributed by atoms with Gasteiger partial charge in [0.1, 0.15) is 0 Å². The number of nitro benzene ring substituents is 1. The van der Waals surface area contributed by atoms with Gasteiger partial charge in [-0.05, 0) is 12.1 Å². The summed E-state index contributed by atoms with van der Waals surface area (Å²) in [5.41, 5.74) is -1.92. The number of alkyl halides is 3. The lowest BCUT2D eigenvalue weighted by Gasteiger charge is -2.11. The van der Waals surface area contributed by atoms with E-state index >= 15 is 0 Å². The lowest BCUT2D eigenvalue weighted by Crippen LogP contribution is -2.13. The average Bonchev–Trinajstić information content (AvgIpc) is 2.73. The highest BCUT2D eigenvalue weighted by Gasteiger charge is 2.36. The van der Waals surface area contributed by atoms with Crippen molar-refractivity contribution >= 4 is 11.8 Å². The Bertz CT molecular complexity index is 544. The minimum absolute atomic E-state index is 0.0228. The van der Waals surface area contributed by atoms with Crippen molar-refractivity contribution in [3.63, 3.8) is 0 Å². The molecule has 1 unspecified atom stereocenters. The summed E-state index contributed by atoms with van der Waals surface area (Å²) >= 11 is 0. The van der Waals surface area contributed by atoms with Crippen LogP contribution in [0.1, 0.15) is 17.2 Å². The van der Waals surface area contributed by atoms with Gasteiger partial charge in [0, 0.05) is 6.07 Å². The molecule has 1 aromatic rings. The monoisotopic (exact) mass is 276 g/mol. The fraction of sp³-hybridized carbons (Fsp3) is 0.300. The Morgan fingerprint density at radius 3 is 2.58 bits per heavy atom. The molecule has 1 amide bonds. The number of benzene rings is 1. The molecule has 0 saturated carbocycles. The number of amides is 1. The van der Waals surface area contributed by atoms with Gasteiger partial charge in [-0.3, -0.25) is 10.1 Å². The SMILES string of the molecule is O=C1NCC(c2ccc(C(F)(F)F)cc2[N+](=O)[O-])O1. The summed E-state index contributed by atoms with van der Waals surface area (Å²) < 4.78 is 42.2. The fourth-order valence-corrected chi connectivity index (χ4v) is 1.71. The molecule has 0 aromatic heterocycles. The minimum atomic E-state index is -4.67. The second kappa shape index (κ2) is 4.41. The van der Waals surface area contributed by atoms with Gasteiger partial charge in [-0.15, -0.1) is 0 Å². The van der Waals surface area contributed by atoms with Crippen LogP contribution >= 0.6 is 0 Å². The molecule has 6 nitrogen and oxygen atoms in total. The molecule has 1 atom stereocenters. The zero-order chi connectivity index (χ0) is 14.2. The van der Waals surface area contributed by atoms with E-state index in [0.29, 0.717) is 12.1 Å². The zero-order valence-corrected chi connectivity index (χ0v) is 9.23. The summed E-state index contributed by atoms with van der Waals surface area (Å²) in [6.07, 6.45) is -6.40. The molecule has 1 aromatic carbocycles. The third-order valence-corrected chi connectivity index (χ3v) is 2.58. The van der Waals surface area contributed by atoms with Gasteiger partial charge in [0.15, 0.2) is 6.10 Å². The van der Waals surface area contributed by atoms with Crippen molar-refractivity contribution in [2.45, 2.75) is 12.3 Å². The van der Waals surface area contributed by atoms with Gasteiger partial charge >= 0.3 is 12.3 Å². The van der Waals surface area contributed by atoms with Crippen molar-refractivity contribution in [2.75, 3.05) is 6.54 Å². The van der Waals surface area contributed by atoms with Gasteiger partial charge in [-0.1, -0.05) is 0 Å². The second-order valence-corrected chi connectivity index (χ2v) is 3.80. The van der Waals surface area contributed by atoms with Crippen LogP contribution in [0, 0.1) is 10.1 Å². The van der Waals surface area contributed by atoms with E-state index in [0.717, 1.165) is 6.07 Å². The van der Waals surface area contributed by atoms with Gasteiger partial charge in [-0.2, -0.15) is 13.2 Å². The lowest BCUT2D eigenvalue weighted by molar-refractivity contribution is -0.386. The Morgan fingerprint density at radius 2 is 2.11 bits per heavy atom. The first-order valence-corrected chi connectivity index (χ1v) is 5.09. The topological polar surface area (TPSA) is 81.5 Å². The number of ether oxygens (including phenoxy) is 1. The van der Waals surface area contributed by atoms with Crippen molar-refractivity contribution < 1.29 is 27.6 Å². The molecule has 1 saturated heterocycles. The molecule has 1 aliphatic rings. The molecular formula is C10H7F3N2O4. The van der Waals surface area contributed by atoms with Gasteiger partial charge in [0.2, 0.25) is 0 Å². The minimum Gasteiger partial charge on any atom is -0.439 e. The predicted octanol–water partition coefficient (Wildman–Crippen LogP) is 2.39. The fourth-order valence-electron chi connectivity index (χ4n) is 1.71. The summed E-state index contributed by atoms with van der Waals surface area (Å²) in [4.78, 5) is 20.7. The molecule has 1 fully saturated rings. The van der Waals surface area contributed by atoms with Gasteiger partial charge in [0.25, 0.3) is 5.69 Å². The lowest BCUT2D eigenvalue weighted by atomic mass is 10.0. The van der Waals surface area contributed by atoms with Crippen molar-refractivity contribution in [2.24, 2.45) is 0 Å². The Hall–Kier alpha value is -2.32. The van der Waals surface area contributed by atoms with Crippen molar-refractivity contribution in [3.05, 3.63) is 39.4 Å². The van der Waals surface area contributed by atoms with Crippen LogP contribution in [-0.2, 0) is 10.9 Å². The van der Waals surface area contributed by atoms with Crippen LogP contribution in [0.4, 0.5) is 23.7 Å². The molecule has 102 valence electrons. The number of carbonyl (C=O) groups is 1. The summed E-state index contributed by atoms with van der Waals surface area (Å²) in [5, 5.41) is 13.1. The standard InChI is InChI=1S/C10H7F3N2O4/c11-10(12,13)5-1-2-6(7(3-5)15(17)18)8-4-14-9(16)19-8/h1-3,8H,4H2,(H,14,16). The van der Waals surface area contributed by atoms with Crippen LogP contribution in [0.15, 0.2) is 18.2 Å². The quantitative estimate of drug-likeness (QED) is 0.664. The first-order chi connectivity index (χ1) is 8.79. The maximum atomic E-state index is 12.5. The number of cyclic esters (lactones) is 1. The van der Waals surface area contributed by atoms with Gasteiger partial charge in [0.05, 0.1) is 22.6 Å². The molecule has 0 spiro atoms. The second-order valence-electron chi connectivity index (χ2n) is 3.80. The molecule has 1 heterocycles. The van der Waals surface area contributed by atoms with Crippen molar-refractivity contribution in [3.8, 4) is 0 Å². The molecule has 0 bridgehead atoms. The third-order valence-electron chi connectivity index (χ3n) is 2.58. The number of rotatable bonds is 2. The van der Waals surface area contributed by atoms with Crippen LogP contribution in [0.3, 0.4) is 0 Å². The highest BCUT2D eigenvalue weighted by molar-refractivity contribution is 5.70. The van der Waals surface area contributed by atoms with E-state index in [-0.39, 0.29) is 12.1 Å². The Morgan fingerprint density at radius 1 is 1.42 bits per heavy atom. The van der Waals surface area contributed by atoms with Crippen LogP contribution < -0.4 is 5.32 Å². The van der Waals surface area contributed by atoms with Crippen LogP contribution in [0.2, 0.25) is 0 Å². The molecule has 0 radical (unpaired) electrons. The largest absolute Gasteiger partial charge is 0.439 e. The highest BCUT2D eigenvalue weighted by Crippen LogP contribution is 2.36. The zero-order valence-electron chi connectivity index (χ0n) is 9.23. The predicted molar refractivity (Wildman–Crippen MR) is 55.3 cm³/mol. The maximum Gasteiger partial charge on any atom is 0.416 e. The Balaban J connectivity index is 2.44. The average molecular weight is 276 g/mol. The number of halogens is 3. The smallest absolute Gasteiger partial charge is 0.416 e. The van der Waals surface area contributed by atoms with E-state index in [4.69, 9.17) is 4.74 Å². The van der Waals surface area contributed by atoms with Crippen LogP contribution in [-0.4, -0.2) is 17.6 Å². The maximum absolute atomic E-state index is 12.5. The number of nitrogens with one attached hydrogen (secondary N) is 1. The van der Waals surface area contributed by atoms with Crippen molar-refractivity contribution in [1.82, 2.24) is 5.32 Å². The number of carbonyl (C=O) groups excluding carboxylic acids is 1. The number of hydrogen-bond donors (Lipinski definition) is 1. The number of alkyl carbamates (subject to hydrolysis) is 1. The van der Waals surface area contributed by atoms with Crippen molar-refractivity contribution in [1.29, 1.82) is 0 Å². The Kier molecular flexibility index (Phi) is 3.05. The van der Waals surface area contributed by atoms with E-state index in [2.05, 4.69) is 5.32 Å². The molecule has 2 rings (SSSR count). The van der Waals surface area contributed by atoms with Crippen LogP contribution in [0.25, 0.3) is 0 Å². The first kappa shape index (κ1) is 13.1. The van der Waals surface area contributed by atoms with E-state index < -0.39 is 34.5 Å². The molecule has 19 heavy (non-hydrogen) atoms. The third kappa shape index (κ3) is 2.59. The summed E-state index contributed by atoms with van der Waals surface area (Å²) in [5.74, 6) is 0. The number of hydrogen-bond acceptors (Lipinski definition) is 4. The van der Waals surface area contributed by atoms with E-state index in [1.165, 1.54) is 0 Å². The van der Waals surface area contributed by atoms with Gasteiger partial charge in [-0.25, -0.2) is 4.79 Å². The molecule has 9 heteroatoms. The van der Waals surface area contributed by atoms with E-state index in [1.54, 1.807) is 0 Å². The summed E-state index contributed by atoms with van der Waals surface area (Å²) in [7, 11) is 0. The van der Waals surface area contributed by atoms with E-state index in [9.17, 15) is 28.1 Å².